The van der Waals surface area contributed by atoms with Gasteiger partial charge in [0, 0.05) is 35.3 Å². The molecule has 0 bridgehead atoms. The first-order chi connectivity index (χ1) is 16.9. The summed E-state index contributed by atoms with van der Waals surface area (Å²) in [4.78, 5) is 12.1. The molecule has 0 amide bonds. The van der Waals surface area contributed by atoms with E-state index in [1.165, 1.54) is 36.4 Å². The van der Waals surface area contributed by atoms with E-state index >= 15 is 0 Å². The molecule has 36 heavy (non-hydrogen) atoms. The van der Waals surface area contributed by atoms with Gasteiger partial charge in [0.1, 0.15) is 5.82 Å². The van der Waals surface area contributed by atoms with Gasteiger partial charge in [0.2, 0.25) is 5.95 Å². The average molecular weight is 647 g/mol. The van der Waals surface area contributed by atoms with Gasteiger partial charge in [-0.25, -0.2) is 9.97 Å². The molecule has 4 rings (SSSR count). The second-order valence-corrected chi connectivity index (χ2v) is 10.8. The number of aryl methyl sites for hydroxylation is 1. The number of rotatable bonds is 7. The molecule has 2 aromatic heterocycles. The highest BCUT2D eigenvalue weighted by molar-refractivity contribution is 9.10. The molecule has 0 aliphatic heterocycles. The summed E-state index contributed by atoms with van der Waals surface area (Å²) in [5.74, 6) is 0.401. The van der Waals surface area contributed by atoms with Crippen LogP contribution in [0, 0.1) is 0 Å². The molecule has 2 aromatic carbocycles. The van der Waals surface area contributed by atoms with Crippen molar-refractivity contribution in [2.75, 3.05) is 15.4 Å². The third-order valence-corrected chi connectivity index (χ3v) is 6.99. The van der Waals surface area contributed by atoms with E-state index in [-0.39, 0.29) is 11.6 Å². The number of aromatic nitrogens is 4. The van der Waals surface area contributed by atoms with Gasteiger partial charge in [-0.3, -0.25) is 4.72 Å². The van der Waals surface area contributed by atoms with Crippen molar-refractivity contribution in [2.24, 2.45) is 7.05 Å². The van der Waals surface area contributed by atoms with E-state index in [1.54, 1.807) is 0 Å². The third-order valence-electron chi connectivity index (χ3n) is 4.63. The quantitative estimate of drug-likeness (QED) is 0.224. The van der Waals surface area contributed by atoms with E-state index in [9.17, 15) is 21.6 Å². The van der Waals surface area contributed by atoms with Crippen LogP contribution in [-0.4, -0.2) is 27.9 Å². The number of nitrogens with one attached hydrogen (secondary N) is 3. The Kier molecular flexibility index (Phi) is 7.24. The van der Waals surface area contributed by atoms with Crippen LogP contribution in [0.3, 0.4) is 0 Å². The smallest absolute Gasteiger partial charge is 0.339 e. The molecule has 0 unspecified atom stereocenters. The molecule has 0 fully saturated rings. The maximum absolute atomic E-state index is 13.8. The summed E-state index contributed by atoms with van der Waals surface area (Å²) in [6, 6.07) is 10.3. The standard InChI is InChI=1S/C21H16Br2F3N7O2S/c1-33-10-18(28-11-33)36(34,35)32-17-7-6-14(8-15(17)21(24,25)26)30-20-27-9-16(23)19(31-20)29-13-4-2-12(22)3-5-13/h2-11,32H,1H3,(H2,27,29,30,31). The zero-order chi connectivity index (χ0) is 26.1. The second kappa shape index (κ2) is 10.1. The number of imidazole rings is 1. The maximum atomic E-state index is 13.8. The normalized spacial score (nSPS) is 11.8. The monoisotopic (exact) mass is 645 g/mol. The lowest BCUT2D eigenvalue weighted by Gasteiger charge is -2.16. The minimum absolute atomic E-state index is 0.0000215. The fourth-order valence-corrected chi connectivity index (χ4v) is 4.60. The summed E-state index contributed by atoms with van der Waals surface area (Å²) >= 11 is 6.69. The lowest BCUT2D eigenvalue weighted by molar-refractivity contribution is -0.136. The van der Waals surface area contributed by atoms with Crippen molar-refractivity contribution in [3.63, 3.8) is 0 Å². The molecule has 0 atom stereocenters. The Morgan fingerprint density at radius 2 is 1.67 bits per heavy atom. The van der Waals surface area contributed by atoms with Gasteiger partial charge >= 0.3 is 6.18 Å². The lowest BCUT2D eigenvalue weighted by Crippen LogP contribution is -2.18. The average Bonchev–Trinajstić information content (AvgIpc) is 3.25. The summed E-state index contributed by atoms with van der Waals surface area (Å²) in [7, 11) is -2.79. The van der Waals surface area contributed by atoms with Gasteiger partial charge in [-0.05, 0) is 58.4 Å². The van der Waals surface area contributed by atoms with Crippen molar-refractivity contribution in [1.82, 2.24) is 19.5 Å². The number of hydrogen-bond donors (Lipinski definition) is 3. The summed E-state index contributed by atoms with van der Waals surface area (Å²) in [5, 5.41) is 5.40. The number of hydrogen-bond acceptors (Lipinski definition) is 7. The predicted octanol–water partition coefficient (Wildman–Crippen LogP) is 6.04. The topological polar surface area (TPSA) is 114 Å². The van der Waals surface area contributed by atoms with E-state index < -0.39 is 32.5 Å². The molecule has 4 aromatic rings. The van der Waals surface area contributed by atoms with Crippen molar-refractivity contribution in [3.05, 3.63) is 75.7 Å². The highest BCUT2D eigenvalue weighted by atomic mass is 79.9. The van der Waals surface area contributed by atoms with E-state index in [4.69, 9.17) is 0 Å². The molecule has 0 aliphatic carbocycles. The molecular weight excluding hydrogens is 631 g/mol. The van der Waals surface area contributed by atoms with Crippen molar-refractivity contribution >= 4 is 70.7 Å². The van der Waals surface area contributed by atoms with Gasteiger partial charge in [0.25, 0.3) is 10.0 Å². The molecule has 0 saturated heterocycles. The first-order valence-corrected chi connectivity index (χ1v) is 13.0. The predicted molar refractivity (Wildman–Crippen MR) is 136 cm³/mol. The number of sulfonamides is 1. The molecule has 9 nitrogen and oxygen atoms in total. The van der Waals surface area contributed by atoms with Crippen LogP contribution in [0.1, 0.15) is 5.56 Å². The molecule has 0 saturated carbocycles. The fourth-order valence-electron chi connectivity index (χ4n) is 2.98. The third kappa shape index (κ3) is 6.14. The Labute approximate surface area is 220 Å². The zero-order valence-corrected chi connectivity index (χ0v) is 22.2. The summed E-state index contributed by atoms with van der Waals surface area (Å²) in [5.41, 5.74) is -1.11. The van der Waals surface area contributed by atoms with Crippen LogP contribution in [0.25, 0.3) is 0 Å². The Morgan fingerprint density at radius 1 is 0.972 bits per heavy atom. The highest BCUT2D eigenvalue weighted by Crippen LogP contribution is 2.38. The summed E-state index contributed by atoms with van der Waals surface area (Å²) in [6.45, 7) is 0. The second-order valence-electron chi connectivity index (χ2n) is 7.39. The van der Waals surface area contributed by atoms with Gasteiger partial charge < -0.3 is 15.2 Å². The van der Waals surface area contributed by atoms with Crippen molar-refractivity contribution in [2.45, 2.75) is 11.2 Å². The summed E-state index contributed by atoms with van der Waals surface area (Å²) in [6.07, 6.45) is -1.01. The molecule has 15 heteroatoms. The van der Waals surface area contributed by atoms with Gasteiger partial charge in [0.15, 0.2) is 5.03 Å². The van der Waals surface area contributed by atoms with Crippen LogP contribution in [-0.2, 0) is 23.2 Å². The van der Waals surface area contributed by atoms with Gasteiger partial charge in [-0.1, -0.05) is 15.9 Å². The number of anilines is 5. The molecule has 188 valence electrons. The van der Waals surface area contributed by atoms with Gasteiger partial charge in [0.05, 0.1) is 22.1 Å². The molecule has 0 spiro atoms. The van der Waals surface area contributed by atoms with E-state index in [0.717, 1.165) is 22.3 Å². The SMILES string of the molecule is Cn1cnc(S(=O)(=O)Nc2ccc(Nc3ncc(Br)c(Nc4ccc(Br)cc4)n3)cc2C(F)(F)F)c1. The Morgan fingerprint density at radius 3 is 2.31 bits per heavy atom. The molecule has 0 radical (unpaired) electrons. The van der Waals surface area contributed by atoms with E-state index in [0.29, 0.717) is 10.3 Å². The lowest BCUT2D eigenvalue weighted by atomic mass is 10.1. The van der Waals surface area contributed by atoms with Crippen LogP contribution in [0.15, 0.2) is 75.2 Å². The molecule has 2 heterocycles. The number of halogens is 5. The number of benzene rings is 2. The zero-order valence-electron chi connectivity index (χ0n) is 18.2. The first-order valence-electron chi connectivity index (χ1n) is 9.95. The van der Waals surface area contributed by atoms with Crippen molar-refractivity contribution in [3.8, 4) is 0 Å². The van der Waals surface area contributed by atoms with Crippen LogP contribution in [0.5, 0.6) is 0 Å². The van der Waals surface area contributed by atoms with Crippen LogP contribution in [0.4, 0.5) is 42.0 Å². The van der Waals surface area contributed by atoms with Gasteiger partial charge in [-0.2, -0.15) is 26.6 Å². The largest absolute Gasteiger partial charge is 0.418 e. The minimum Gasteiger partial charge on any atom is -0.339 e. The van der Waals surface area contributed by atoms with Gasteiger partial charge in [-0.15, -0.1) is 0 Å². The highest BCUT2D eigenvalue weighted by Gasteiger charge is 2.35. The minimum atomic E-state index is -4.85. The van der Waals surface area contributed by atoms with E-state index in [2.05, 4.69) is 57.4 Å². The first kappa shape index (κ1) is 25.9. The Balaban J connectivity index is 1.60. The molecule has 0 aliphatic rings. The van der Waals surface area contributed by atoms with Crippen molar-refractivity contribution in [1.29, 1.82) is 0 Å². The van der Waals surface area contributed by atoms with Crippen LogP contribution in [0.2, 0.25) is 0 Å². The van der Waals surface area contributed by atoms with Crippen LogP contribution >= 0.6 is 31.9 Å². The Hall–Kier alpha value is -3.17. The number of nitrogens with zero attached hydrogens (tertiary/aromatic N) is 4. The Bertz CT molecular complexity index is 1510. The summed E-state index contributed by atoms with van der Waals surface area (Å²) < 4.78 is 71.2. The van der Waals surface area contributed by atoms with Crippen molar-refractivity contribution < 1.29 is 21.6 Å². The van der Waals surface area contributed by atoms with E-state index in [1.807, 2.05) is 29.0 Å². The molecular formula is C21H16Br2F3N7O2S. The van der Waals surface area contributed by atoms with Crippen LogP contribution < -0.4 is 15.4 Å². The maximum Gasteiger partial charge on any atom is 0.418 e. The fraction of sp³-hybridized carbons (Fsp3) is 0.0952. The number of alkyl halides is 3. The molecule has 3 N–H and O–H groups in total.